The summed E-state index contributed by atoms with van der Waals surface area (Å²) in [4.78, 5) is 13.9. The topological polar surface area (TPSA) is 55.6 Å². The van der Waals surface area contributed by atoms with E-state index < -0.39 is 5.41 Å². The van der Waals surface area contributed by atoms with Gasteiger partial charge in [0.1, 0.15) is 5.75 Å². The molecule has 1 aromatic carbocycles. The Morgan fingerprint density at radius 2 is 1.84 bits per heavy atom. The molecular weight excluding hydrogens is 240 g/mol. The first-order valence-electron chi connectivity index (χ1n) is 6.53. The summed E-state index contributed by atoms with van der Waals surface area (Å²) in [7, 11) is 1.76. The van der Waals surface area contributed by atoms with Crippen LogP contribution >= 0.6 is 0 Å². The summed E-state index contributed by atoms with van der Waals surface area (Å²) >= 11 is 0. The van der Waals surface area contributed by atoms with Crippen LogP contribution in [0.4, 0.5) is 5.69 Å². The Hall–Kier alpha value is -1.55. The lowest BCUT2D eigenvalue weighted by atomic mass is 9.92. The van der Waals surface area contributed by atoms with Crippen molar-refractivity contribution >= 4 is 11.6 Å². The SMILES string of the molecule is CC(C)Oc1ccc(N(C)C(=O)C(C)(C)CN)cc1. The monoisotopic (exact) mass is 264 g/mol. The molecule has 0 aliphatic heterocycles. The maximum absolute atomic E-state index is 12.3. The fourth-order valence-electron chi connectivity index (χ4n) is 1.68. The van der Waals surface area contributed by atoms with Crippen LogP contribution in [0.15, 0.2) is 24.3 Å². The average molecular weight is 264 g/mol. The van der Waals surface area contributed by atoms with Gasteiger partial charge in [-0.05, 0) is 52.0 Å². The van der Waals surface area contributed by atoms with Gasteiger partial charge in [0.15, 0.2) is 0 Å². The zero-order valence-corrected chi connectivity index (χ0v) is 12.4. The molecule has 0 radical (unpaired) electrons. The fraction of sp³-hybridized carbons (Fsp3) is 0.533. The third-order valence-electron chi connectivity index (χ3n) is 2.99. The Bertz CT molecular complexity index is 424. The van der Waals surface area contributed by atoms with Gasteiger partial charge in [0.25, 0.3) is 0 Å². The van der Waals surface area contributed by atoms with Gasteiger partial charge in [0.2, 0.25) is 5.91 Å². The van der Waals surface area contributed by atoms with Gasteiger partial charge in [0.05, 0.1) is 11.5 Å². The number of hydrogen-bond acceptors (Lipinski definition) is 3. The molecule has 106 valence electrons. The first kappa shape index (κ1) is 15.5. The normalized spacial score (nSPS) is 11.5. The first-order valence-corrected chi connectivity index (χ1v) is 6.53. The molecule has 0 aliphatic rings. The third kappa shape index (κ3) is 3.96. The summed E-state index contributed by atoms with van der Waals surface area (Å²) in [6, 6.07) is 7.49. The summed E-state index contributed by atoms with van der Waals surface area (Å²) in [5.41, 5.74) is 5.92. The number of hydrogen-bond donors (Lipinski definition) is 1. The maximum Gasteiger partial charge on any atom is 0.233 e. The van der Waals surface area contributed by atoms with Gasteiger partial charge in [-0.3, -0.25) is 4.79 Å². The highest BCUT2D eigenvalue weighted by Crippen LogP contribution is 2.24. The molecular formula is C15H24N2O2. The van der Waals surface area contributed by atoms with Crippen molar-refractivity contribution in [2.24, 2.45) is 11.1 Å². The van der Waals surface area contributed by atoms with Crippen LogP contribution in [-0.4, -0.2) is 25.6 Å². The second kappa shape index (κ2) is 6.06. The largest absolute Gasteiger partial charge is 0.491 e. The van der Waals surface area contributed by atoms with Crippen LogP contribution in [0, 0.1) is 5.41 Å². The molecule has 19 heavy (non-hydrogen) atoms. The van der Waals surface area contributed by atoms with Crippen molar-refractivity contribution < 1.29 is 9.53 Å². The van der Waals surface area contributed by atoms with Gasteiger partial charge >= 0.3 is 0 Å². The highest BCUT2D eigenvalue weighted by Gasteiger charge is 2.29. The molecule has 0 aliphatic carbocycles. The average Bonchev–Trinajstić information content (AvgIpc) is 2.37. The Labute approximate surface area is 115 Å². The summed E-state index contributed by atoms with van der Waals surface area (Å²) < 4.78 is 5.57. The summed E-state index contributed by atoms with van der Waals surface area (Å²) in [6.07, 6.45) is 0.140. The Kier molecular flexibility index (Phi) is 4.95. The lowest BCUT2D eigenvalue weighted by Crippen LogP contribution is -2.42. The van der Waals surface area contributed by atoms with Crippen LogP contribution in [0.2, 0.25) is 0 Å². The molecule has 4 nitrogen and oxygen atoms in total. The lowest BCUT2D eigenvalue weighted by molar-refractivity contribution is -0.125. The number of benzene rings is 1. The highest BCUT2D eigenvalue weighted by molar-refractivity contribution is 5.96. The van der Waals surface area contributed by atoms with Gasteiger partial charge in [-0.1, -0.05) is 0 Å². The van der Waals surface area contributed by atoms with E-state index >= 15 is 0 Å². The summed E-state index contributed by atoms with van der Waals surface area (Å²) in [6.45, 7) is 7.98. The molecule has 0 atom stereocenters. The molecule has 0 saturated heterocycles. The van der Waals surface area contributed by atoms with Crippen LogP contribution in [-0.2, 0) is 4.79 Å². The van der Waals surface area contributed by atoms with E-state index in [-0.39, 0.29) is 12.0 Å². The molecule has 2 N–H and O–H groups in total. The van der Waals surface area contributed by atoms with Crippen molar-refractivity contribution in [2.75, 3.05) is 18.5 Å². The Morgan fingerprint density at radius 1 is 1.32 bits per heavy atom. The van der Waals surface area contributed by atoms with Gasteiger partial charge in [0, 0.05) is 19.3 Å². The number of nitrogens with two attached hydrogens (primary N) is 1. The standard InChI is InChI=1S/C15H24N2O2/c1-11(2)19-13-8-6-12(7-9-13)17(5)14(18)15(3,4)10-16/h6-9,11H,10,16H2,1-5H3. The quantitative estimate of drug-likeness (QED) is 0.888. The van der Waals surface area contributed by atoms with Crippen molar-refractivity contribution in [2.45, 2.75) is 33.8 Å². The molecule has 0 unspecified atom stereocenters. The Balaban J connectivity index is 2.83. The van der Waals surface area contributed by atoms with Gasteiger partial charge in [-0.2, -0.15) is 0 Å². The summed E-state index contributed by atoms with van der Waals surface area (Å²) in [5, 5.41) is 0. The molecule has 0 saturated carbocycles. The van der Waals surface area contributed by atoms with E-state index in [4.69, 9.17) is 10.5 Å². The number of amides is 1. The minimum atomic E-state index is -0.554. The predicted octanol–water partition coefficient (Wildman–Crippen LogP) is 2.42. The lowest BCUT2D eigenvalue weighted by Gasteiger charge is -2.28. The Morgan fingerprint density at radius 3 is 2.26 bits per heavy atom. The smallest absolute Gasteiger partial charge is 0.233 e. The van der Waals surface area contributed by atoms with E-state index in [1.165, 1.54) is 0 Å². The van der Waals surface area contributed by atoms with Crippen LogP contribution < -0.4 is 15.4 Å². The zero-order valence-electron chi connectivity index (χ0n) is 12.4. The van der Waals surface area contributed by atoms with Gasteiger partial charge in [-0.15, -0.1) is 0 Å². The number of rotatable bonds is 5. The van der Waals surface area contributed by atoms with E-state index in [1.54, 1.807) is 11.9 Å². The van der Waals surface area contributed by atoms with Crippen molar-refractivity contribution in [3.63, 3.8) is 0 Å². The van der Waals surface area contributed by atoms with E-state index in [9.17, 15) is 4.79 Å². The second-order valence-electron chi connectivity index (χ2n) is 5.61. The van der Waals surface area contributed by atoms with Crippen molar-refractivity contribution in [1.82, 2.24) is 0 Å². The van der Waals surface area contributed by atoms with Crippen LogP contribution in [0.3, 0.4) is 0 Å². The molecule has 0 spiro atoms. The van der Waals surface area contributed by atoms with Crippen molar-refractivity contribution in [3.05, 3.63) is 24.3 Å². The maximum atomic E-state index is 12.3. The third-order valence-corrected chi connectivity index (χ3v) is 2.99. The number of carbonyl (C=O) groups is 1. The summed E-state index contributed by atoms with van der Waals surface area (Å²) in [5.74, 6) is 0.810. The van der Waals surface area contributed by atoms with Crippen LogP contribution in [0.5, 0.6) is 5.75 Å². The molecule has 0 fully saturated rings. The molecule has 1 rings (SSSR count). The molecule has 4 heteroatoms. The van der Waals surface area contributed by atoms with Gasteiger partial charge < -0.3 is 15.4 Å². The predicted molar refractivity (Wildman–Crippen MR) is 78.5 cm³/mol. The molecule has 1 aromatic rings. The fourth-order valence-corrected chi connectivity index (χ4v) is 1.68. The van der Waals surface area contributed by atoms with Crippen molar-refractivity contribution in [3.8, 4) is 5.75 Å². The molecule has 1 amide bonds. The van der Waals surface area contributed by atoms with Crippen molar-refractivity contribution in [1.29, 1.82) is 0 Å². The van der Waals surface area contributed by atoms with Gasteiger partial charge in [-0.25, -0.2) is 0 Å². The minimum Gasteiger partial charge on any atom is -0.491 e. The zero-order chi connectivity index (χ0) is 14.6. The van der Waals surface area contributed by atoms with E-state index in [1.807, 2.05) is 52.0 Å². The van der Waals surface area contributed by atoms with E-state index in [2.05, 4.69) is 0 Å². The van der Waals surface area contributed by atoms with Crippen LogP contribution in [0.1, 0.15) is 27.7 Å². The first-order chi connectivity index (χ1) is 8.77. The molecule has 0 bridgehead atoms. The molecule has 0 heterocycles. The second-order valence-corrected chi connectivity index (χ2v) is 5.61. The number of carbonyl (C=O) groups excluding carboxylic acids is 1. The minimum absolute atomic E-state index is 0.00697. The number of nitrogens with zero attached hydrogens (tertiary/aromatic N) is 1. The van der Waals surface area contributed by atoms with Crippen LogP contribution in [0.25, 0.3) is 0 Å². The van der Waals surface area contributed by atoms with E-state index in [0.29, 0.717) is 6.54 Å². The molecule has 0 aromatic heterocycles. The highest BCUT2D eigenvalue weighted by atomic mass is 16.5. The number of anilines is 1. The van der Waals surface area contributed by atoms with E-state index in [0.717, 1.165) is 11.4 Å². The number of ether oxygens (including phenoxy) is 1.